The van der Waals surface area contributed by atoms with Crippen LogP contribution in [0.3, 0.4) is 0 Å². The third kappa shape index (κ3) is 3.28. The number of aromatic nitrogens is 3. The van der Waals surface area contributed by atoms with Crippen molar-refractivity contribution in [3.8, 4) is 5.82 Å². The summed E-state index contributed by atoms with van der Waals surface area (Å²) in [5, 5.41) is 2.87. The maximum absolute atomic E-state index is 12.2. The Hall–Kier alpha value is -2.21. The van der Waals surface area contributed by atoms with Gasteiger partial charge in [-0.25, -0.2) is 9.97 Å². The van der Waals surface area contributed by atoms with E-state index >= 15 is 0 Å². The molecule has 2 heterocycles. The number of aryl methyl sites for hydroxylation is 1. The minimum absolute atomic E-state index is 0.125. The average Bonchev–Trinajstić information content (AvgIpc) is 2.92. The molecule has 2 unspecified atom stereocenters. The summed E-state index contributed by atoms with van der Waals surface area (Å²) in [6.45, 7) is 5.86. The van der Waals surface area contributed by atoms with Gasteiger partial charge >= 0.3 is 0 Å². The van der Waals surface area contributed by atoms with Gasteiger partial charge in [0.25, 0.3) is 0 Å². The Kier molecular flexibility index (Phi) is 4.70. The van der Waals surface area contributed by atoms with Crippen LogP contribution in [0.4, 0.5) is 5.69 Å². The molecule has 0 aliphatic carbocycles. The van der Waals surface area contributed by atoms with Crippen LogP contribution in [0.5, 0.6) is 0 Å². The predicted molar refractivity (Wildman–Crippen MR) is 82.2 cm³/mol. The number of nitrogens with two attached hydrogens (primary N) is 1. The van der Waals surface area contributed by atoms with Crippen LogP contribution in [0.2, 0.25) is 0 Å². The molecule has 0 spiro atoms. The molecule has 0 aromatic carbocycles. The molecule has 0 aliphatic heterocycles. The van der Waals surface area contributed by atoms with Crippen LogP contribution < -0.4 is 11.1 Å². The SMILES string of the molecule is CCC(C)C(N)C(=O)Nc1cccnc1-n1ccnc1C. The maximum atomic E-state index is 12.2. The van der Waals surface area contributed by atoms with Crippen molar-refractivity contribution in [3.05, 3.63) is 36.5 Å². The quantitative estimate of drug-likeness (QED) is 0.879. The number of pyridine rings is 1. The van der Waals surface area contributed by atoms with Crippen LogP contribution in [0.25, 0.3) is 5.82 Å². The first kappa shape index (κ1) is 15.2. The van der Waals surface area contributed by atoms with E-state index < -0.39 is 6.04 Å². The highest BCUT2D eigenvalue weighted by molar-refractivity contribution is 5.96. The Balaban J connectivity index is 2.26. The fourth-order valence-corrected chi connectivity index (χ4v) is 2.02. The Morgan fingerprint density at radius 3 is 2.81 bits per heavy atom. The van der Waals surface area contributed by atoms with Crippen LogP contribution in [0.15, 0.2) is 30.7 Å². The van der Waals surface area contributed by atoms with Gasteiger partial charge in [0, 0.05) is 18.6 Å². The minimum Gasteiger partial charge on any atom is -0.322 e. The molecule has 6 nitrogen and oxygen atoms in total. The lowest BCUT2D eigenvalue weighted by Crippen LogP contribution is -2.40. The minimum atomic E-state index is -0.535. The number of imidazole rings is 1. The highest BCUT2D eigenvalue weighted by atomic mass is 16.2. The van der Waals surface area contributed by atoms with Gasteiger partial charge in [0.15, 0.2) is 5.82 Å². The molecule has 112 valence electrons. The molecule has 0 saturated heterocycles. The van der Waals surface area contributed by atoms with E-state index in [1.54, 1.807) is 18.5 Å². The van der Waals surface area contributed by atoms with E-state index in [9.17, 15) is 4.79 Å². The van der Waals surface area contributed by atoms with Crippen LogP contribution in [-0.2, 0) is 4.79 Å². The van der Waals surface area contributed by atoms with Crippen molar-refractivity contribution in [3.63, 3.8) is 0 Å². The van der Waals surface area contributed by atoms with Gasteiger partial charge in [0.1, 0.15) is 5.82 Å². The summed E-state index contributed by atoms with van der Waals surface area (Å²) in [6, 6.07) is 3.05. The van der Waals surface area contributed by atoms with Crippen LogP contribution >= 0.6 is 0 Å². The van der Waals surface area contributed by atoms with Gasteiger partial charge < -0.3 is 11.1 Å². The van der Waals surface area contributed by atoms with Crippen LogP contribution in [0.1, 0.15) is 26.1 Å². The second kappa shape index (κ2) is 6.49. The molecule has 0 saturated carbocycles. The monoisotopic (exact) mass is 287 g/mol. The molecule has 2 rings (SSSR count). The van der Waals surface area contributed by atoms with Crippen LogP contribution in [0, 0.1) is 12.8 Å². The molecule has 0 aliphatic rings. The summed E-state index contributed by atoms with van der Waals surface area (Å²) < 4.78 is 1.82. The molecule has 2 aromatic rings. The number of hydrogen-bond acceptors (Lipinski definition) is 4. The second-order valence-corrected chi connectivity index (χ2v) is 5.12. The third-order valence-corrected chi connectivity index (χ3v) is 3.66. The fourth-order valence-electron chi connectivity index (χ4n) is 2.02. The topological polar surface area (TPSA) is 85.8 Å². The zero-order chi connectivity index (χ0) is 15.4. The van der Waals surface area contributed by atoms with Crippen molar-refractivity contribution in [2.45, 2.75) is 33.2 Å². The summed E-state index contributed by atoms with van der Waals surface area (Å²) >= 11 is 0. The lowest BCUT2D eigenvalue weighted by Gasteiger charge is -2.19. The van der Waals surface area contributed by atoms with Gasteiger partial charge in [0.2, 0.25) is 5.91 Å². The molecule has 1 amide bonds. The highest BCUT2D eigenvalue weighted by Gasteiger charge is 2.21. The van der Waals surface area contributed by atoms with Gasteiger partial charge in [-0.3, -0.25) is 9.36 Å². The van der Waals surface area contributed by atoms with Crippen molar-refractivity contribution in [2.24, 2.45) is 11.7 Å². The number of anilines is 1. The van der Waals surface area contributed by atoms with Gasteiger partial charge in [0.05, 0.1) is 11.7 Å². The van der Waals surface area contributed by atoms with Gasteiger partial charge in [-0.2, -0.15) is 0 Å². The average molecular weight is 287 g/mol. The summed E-state index contributed by atoms with van der Waals surface area (Å²) in [4.78, 5) is 20.7. The number of nitrogens with one attached hydrogen (secondary N) is 1. The molecule has 0 bridgehead atoms. The Morgan fingerprint density at radius 1 is 1.43 bits per heavy atom. The Labute approximate surface area is 124 Å². The Bertz CT molecular complexity index is 622. The van der Waals surface area contributed by atoms with Crippen molar-refractivity contribution in [1.82, 2.24) is 14.5 Å². The molecule has 2 atom stereocenters. The standard InChI is InChI=1S/C15H21N5O/c1-4-10(2)13(16)15(21)19-12-6-5-7-18-14(12)20-9-8-17-11(20)3/h5-10,13H,4,16H2,1-3H3,(H,19,21). The van der Waals surface area contributed by atoms with Crippen molar-refractivity contribution < 1.29 is 4.79 Å². The van der Waals surface area contributed by atoms with Crippen LogP contribution in [-0.4, -0.2) is 26.5 Å². The second-order valence-electron chi connectivity index (χ2n) is 5.12. The summed E-state index contributed by atoms with van der Waals surface area (Å²) in [5.41, 5.74) is 6.59. The van der Waals surface area contributed by atoms with Crippen molar-refractivity contribution >= 4 is 11.6 Å². The molecule has 21 heavy (non-hydrogen) atoms. The van der Waals surface area contributed by atoms with E-state index in [0.717, 1.165) is 12.2 Å². The normalized spacial score (nSPS) is 13.7. The smallest absolute Gasteiger partial charge is 0.241 e. The van der Waals surface area contributed by atoms with E-state index in [-0.39, 0.29) is 11.8 Å². The Morgan fingerprint density at radius 2 is 2.19 bits per heavy atom. The van der Waals surface area contributed by atoms with Crippen molar-refractivity contribution in [1.29, 1.82) is 0 Å². The van der Waals surface area contributed by atoms with Gasteiger partial charge in [-0.15, -0.1) is 0 Å². The summed E-state index contributed by atoms with van der Waals surface area (Å²) in [7, 11) is 0. The molecule has 0 fully saturated rings. The van der Waals surface area contributed by atoms with E-state index in [1.807, 2.05) is 37.6 Å². The fraction of sp³-hybridized carbons (Fsp3) is 0.400. The largest absolute Gasteiger partial charge is 0.322 e. The van der Waals surface area contributed by atoms with Gasteiger partial charge in [-0.1, -0.05) is 20.3 Å². The lowest BCUT2D eigenvalue weighted by atomic mass is 9.99. The summed E-state index contributed by atoms with van der Waals surface area (Å²) in [6.07, 6.45) is 6.04. The number of nitrogens with zero attached hydrogens (tertiary/aromatic N) is 3. The first-order chi connectivity index (χ1) is 10.0. The molecule has 0 radical (unpaired) electrons. The number of rotatable bonds is 5. The summed E-state index contributed by atoms with van der Waals surface area (Å²) in [5.74, 6) is 1.36. The molecule has 3 N–H and O–H groups in total. The zero-order valence-electron chi connectivity index (χ0n) is 12.6. The third-order valence-electron chi connectivity index (χ3n) is 3.66. The van der Waals surface area contributed by atoms with E-state index in [2.05, 4.69) is 15.3 Å². The number of amides is 1. The molecule has 6 heteroatoms. The predicted octanol–water partition coefficient (Wildman–Crippen LogP) is 1.89. The van der Waals surface area contributed by atoms with E-state index in [4.69, 9.17) is 5.73 Å². The first-order valence-electron chi connectivity index (χ1n) is 7.06. The molecular formula is C15H21N5O. The van der Waals surface area contributed by atoms with E-state index in [0.29, 0.717) is 11.5 Å². The first-order valence-corrected chi connectivity index (χ1v) is 7.06. The number of hydrogen-bond donors (Lipinski definition) is 2. The van der Waals surface area contributed by atoms with Gasteiger partial charge in [-0.05, 0) is 25.0 Å². The number of carbonyl (C=O) groups is 1. The zero-order valence-corrected chi connectivity index (χ0v) is 12.6. The molecule has 2 aromatic heterocycles. The molecular weight excluding hydrogens is 266 g/mol. The van der Waals surface area contributed by atoms with Crippen molar-refractivity contribution in [2.75, 3.05) is 5.32 Å². The lowest BCUT2D eigenvalue weighted by molar-refractivity contribution is -0.118. The number of carbonyl (C=O) groups excluding carboxylic acids is 1. The highest BCUT2D eigenvalue weighted by Crippen LogP contribution is 2.19. The van der Waals surface area contributed by atoms with E-state index in [1.165, 1.54) is 0 Å². The maximum Gasteiger partial charge on any atom is 0.241 e.